The van der Waals surface area contributed by atoms with E-state index in [-0.39, 0.29) is 106 Å². The molecule has 0 saturated carbocycles. The molecule has 0 saturated heterocycles. The van der Waals surface area contributed by atoms with Gasteiger partial charge >= 0.3 is 0 Å². The highest BCUT2D eigenvalue weighted by molar-refractivity contribution is 14.3. The van der Waals surface area contributed by atoms with Crippen LogP contribution in [0.15, 0.2) is 0 Å². The van der Waals surface area contributed by atoms with Gasteiger partial charge in [0.15, 0.2) is 58.1 Å². The standard InChI is InChI=1S/C10H23B24I20N3O5/c1-8(60)55(4-6-58)31(19(41)15(35)11-13-17(37)38)27(49)23(45)21(43)25(47)29(51)33(53)57(10(3)62)34(54)30(52)26(48)22(44)24(46)28(50)32(56(5-7-59)9(2)61)20(42)16(36)12-14-18(39)40/h11-14,58-59H,4-7H2,1-3H3. The van der Waals surface area contributed by atoms with Gasteiger partial charge in [-0.3, -0.25) is 14.4 Å². The van der Waals surface area contributed by atoms with Gasteiger partial charge in [-0.1, -0.05) is 0 Å². The number of aliphatic hydroxyl groups is 2. The van der Waals surface area contributed by atoms with Gasteiger partial charge in [0.05, 0.1) is 41.5 Å². The van der Waals surface area contributed by atoms with Crippen LogP contribution in [-0.2, 0) is 14.4 Å². The quantitative estimate of drug-likeness (QED) is 0.0696. The van der Waals surface area contributed by atoms with Gasteiger partial charge in [0.2, 0.25) is 38.4 Å². The minimum atomic E-state index is -0.0670. The van der Waals surface area contributed by atoms with Crippen LogP contribution in [0.3, 0.4) is 0 Å². The van der Waals surface area contributed by atoms with Crippen molar-refractivity contribution in [3.63, 3.8) is 0 Å². The molecule has 0 aliphatic rings. The molecule has 0 atom stereocenters. The molecule has 0 fully saturated rings. The number of nitrogens with zero attached hydrogens (tertiary/aromatic N) is 3. The first-order valence-corrected chi connectivity index (χ1v) is 43.3. The fourth-order valence-corrected chi connectivity index (χ4v) is 31.8. The van der Waals surface area contributed by atoms with Crippen molar-refractivity contribution in [3.8, 4) is 0 Å². The van der Waals surface area contributed by atoms with Crippen molar-refractivity contribution in [1.29, 1.82) is 0 Å². The highest BCUT2D eigenvalue weighted by atomic mass is 127. The molecule has 0 aromatic rings. The fraction of sp³-hybridized carbons (Fsp3) is 0.700. The molecule has 0 spiro atoms. The predicted octanol–water partition coefficient (Wildman–Crippen LogP) is 5.85. The van der Waals surface area contributed by atoms with Crippen molar-refractivity contribution in [2.45, 2.75) is 20.8 Å². The highest BCUT2D eigenvalue weighted by Crippen LogP contribution is 2.33. The lowest BCUT2D eigenvalue weighted by atomic mass is 8.82. The average molecular weight is 3060 g/mol. The number of carbonyl (C=O) groups is 3. The summed E-state index contributed by atoms with van der Waals surface area (Å²) in [6.45, 7) is 5.38. The molecule has 0 unspecified atom stereocenters. The number of hydrogen-bond acceptors (Lipinski definition) is 5. The van der Waals surface area contributed by atoms with E-state index < -0.39 is 0 Å². The van der Waals surface area contributed by atoms with E-state index in [0.29, 0.717) is 26.4 Å². The monoisotopic (exact) mass is 3070 g/mol. The van der Waals surface area contributed by atoms with E-state index in [9.17, 15) is 24.6 Å². The topological polar surface area (TPSA) is 101 Å². The predicted molar refractivity (Wildman–Crippen MR) is 486 cm³/mol. The Labute approximate surface area is 649 Å². The van der Waals surface area contributed by atoms with E-state index in [1.54, 1.807) is 20.8 Å². The van der Waals surface area contributed by atoms with Crippen LogP contribution in [0.2, 0.25) is 0 Å². The largest absolute Gasteiger partial charge is 0.425 e. The summed E-state index contributed by atoms with van der Waals surface area (Å²) in [7, 11) is 4.36. The van der Waals surface area contributed by atoms with E-state index in [0.717, 1.165) is 28.2 Å². The van der Waals surface area contributed by atoms with E-state index >= 15 is 0 Å². The molecule has 0 radical (unpaired) electrons. The van der Waals surface area contributed by atoms with Crippen LogP contribution >= 0.6 is 447 Å². The lowest BCUT2D eigenvalue weighted by molar-refractivity contribution is -0.125. The minimum absolute atomic E-state index is 0.00116. The van der Waals surface area contributed by atoms with Crippen molar-refractivity contribution in [3.05, 3.63) is 0 Å². The molecule has 52 heteroatoms. The molecule has 8 nitrogen and oxygen atoms in total. The van der Waals surface area contributed by atoms with Crippen LogP contribution in [0.4, 0.5) is 0 Å². The van der Waals surface area contributed by atoms with Gasteiger partial charge in [0.1, 0.15) is 0 Å². The third-order valence-corrected chi connectivity index (χ3v) is 52.4. The molecule has 0 bridgehead atoms. The lowest BCUT2D eigenvalue weighted by Gasteiger charge is -2.37. The van der Waals surface area contributed by atoms with E-state index in [1.807, 2.05) is 9.62 Å². The second-order valence-electron chi connectivity index (χ2n) is 13.8. The summed E-state index contributed by atoms with van der Waals surface area (Å²) in [6.07, 6.45) is 0. The van der Waals surface area contributed by atoms with Crippen LogP contribution in [-0.4, -0.2) is 185 Å². The Morgan fingerprint density at radius 1 is 0.387 bits per heavy atom. The Morgan fingerprint density at radius 3 is 0.871 bits per heavy atom. The van der Waals surface area contributed by atoms with E-state index in [1.165, 1.54) is 0 Å². The second kappa shape index (κ2) is 41.5. The number of hydrogen-bond donors (Lipinski definition) is 2. The molecule has 62 heavy (non-hydrogen) atoms. The molecule has 0 aromatic carbocycles. The Hall–Kier alpha value is 14.5. The fourth-order valence-electron chi connectivity index (χ4n) is 6.13. The van der Waals surface area contributed by atoms with Crippen LogP contribution in [0.5, 0.6) is 0 Å². The molecular formula is C10H23B24I20N3O5. The minimum Gasteiger partial charge on any atom is -0.425 e. The van der Waals surface area contributed by atoms with Crippen LogP contribution in [0.1, 0.15) is 20.8 Å². The number of halogens is 20. The third-order valence-electron chi connectivity index (χ3n) is 9.38. The zero-order valence-corrected chi connectivity index (χ0v) is 75.9. The van der Waals surface area contributed by atoms with Crippen molar-refractivity contribution in [1.82, 2.24) is 14.3 Å². The summed E-state index contributed by atoms with van der Waals surface area (Å²) in [5, 5.41) is 20.1. The zero-order valence-electron chi connectivity index (χ0n) is 32.7. The van der Waals surface area contributed by atoms with Crippen molar-refractivity contribution >= 4 is 581 Å². The van der Waals surface area contributed by atoms with E-state index in [4.69, 9.17) is 0 Å². The van der Waals surface area contributed by atoms with Crippen molar-refractivity contribution in [2.24, 2.45) is 0 Å². The smallest absolute Gasteiger partial charge is 0.284 e. The van der Waals surface area contributed by atoms with Gasteiger partial charge in [-0.25, -0.2) is 0 Å². The summed E-state index contributed by atoms with van der Waals surface area (Å²) >= 11 is 51.2. The first-order valence-electron chi connectivity index (χ1n) is 18.4. The average Bonchev–Trinajstić information content (AvgIpc) is 3.20. The molecule has 0 heterocycles. The zero-order chi connectivity index (χ0) is 48.7. The maximum Gasteiger partial charge on any atom is 0.284 e. The molecule has 0 aromatic heterocycles. The molecule has 2 N–H and O–H groups in total. The van der Waals surface area contributed by atoms with Gasteiger partial charge in [0.25, 0.3) is 9.19 Å². The lowest BCUT2D eigenvalue weighted by Crippen LogP contribution is -2.70. The molecule has 3 amide bonds. The van der Waals surface area contributed by atoms with Crippen molar-refractivity contribution < 1.29 is 24.6 Å². The first kappa shape index (κ1) is 76.5. The normalized spacial score (nSPS) is 10.1. The summed E-state index contributed by atoms with van der Waals surface area (Å²) in [5.74, 6) is 0.0620. The maximum absolute atomic E-state index is 13.7. The molecule has 0 rings (SSSR count). The van der Waals surface area contributed by atoms with Crippen molar-refractivity contribution in [2.75, 3.05) is 26.3 Å². The van der Waals surface area contributed by atoms with Crippen LogP contribution in [0, 0.1) is 0 Å². The number of carbonyl (C=O) groups excluding carboxylic acids is 3. The molecule has 0 aliphatic carbocycles. The summed E-state index contributed by atoms with van der Waals surface area (Å²) in [4.78, 5) is 43.8. The SMILES string of the molecule is CC(=O)N(CCO)B(B(I)B(I)BBB(I)I)B(I)B(I)B(I)B(I)B(I)B(I)N(B(I)B(I)B(I)B(I)B(I)B(I)B(B(I)B(I)BBB(I)I)N(CCO)C(C)=O)C(C)=O. The number of rotatable bonds is 30. The van der Waals surface area contributed by atoms with Gasteiger partial charge in [-0.2, -0.15) is 313 Å². The Kier molecular flexibility index (Phi) is 51.2. The summed E-state index contributed by atoms with van der Waals surface area (Å²) in [6, 6.07) is 0. The Bertz CT molecular complexity index is 1270. The molecule has 0 aliphatic heterocycles. The molecular weight excluding hydrogens is 3040 g/mol. The highest BCUT2D eigenvalue weighted by Gasteiger charge is 2.57. The molecule has 320 valence electrons. The maximum atomic E-state index is 13.7. The van der Waals surface area contributed by atoms with Gasteiger partial charge < -0.3 is 24.6 Å². The van der Waals surface area contributed by atoms with E-state index in [2.05, 4.69) is 452 Å². The van der Waals surface area contributed by atoms with Gasteiger partial charge in [-0.05, 0) is 0 Å². The number of amides is 3. The summed E-state index contributed by atoms with van der Waals surface area (Å²) < 4.78 is 6.10. The Morgan fingerprint density at radius 2 is 0.645 bits per heavy atom. The first-order chi connectivity index (χ1) is 28.5. The second-order valence-corrected chi connectivity index (χ2v) is 47.6. The Balaban J connectivity index is 6.52. The number of aliphatic hydroxyl groups excluding tert-OH is 2. The third kappa shape index (κ3) is 26.8. The summed E-state index contributed by atoms with van der Waals surface area (Å²) in [5.41, 5.74) is 0. The van der Waals surface area contributed by atoms with Crippen LogP contribution in [0.25, 0.3) is 0 Å². The van der Waals surface area contributed by atoms with Gasteiger partial charge in [0, 0.05) is 33.9 Å². The van der Waals surface area contributed by atoms with Crippen LogP contribution < -0.4 is 0 Å². The van der Waals surface area contributed by atoms with Gasteiger partial charge in [-0.15, -0.1) is 134 Å².